The third-order valence-electron chi connectivity index (χ3n) is 2.96. The molecule has 0 spiro atoms. The number of azide groups is 1. The first kappa shape index (κ1) is 10.8. The van der Waals surface area contributed by atoms with E-state index in [1.54, 1.807) is 0 Å². The highest BCUT2D eigenvalue weighted by atomic mass is 15.1. The summed E-state index contributed by atoms with van der Waals surface area (Å²) in [4.78, 5) is 2.67. The van der Waals surface area contributed by atoms with E-state index in [1.807, 2.05) is 0 Å². The van der Waals surface area contributed by atoms with Crippen LogP contribution in [0.2, 0.25) is 0 Å². The molecule has 14 heavy (non-hydrogen) atoms. The maximum atomic E-state index is 9.13. The van der Waals surface area contributed by atoms with Gasteiger partial charge in [0.15, 0.2) is 0 Å². The molecule has 0 amide bonds. The molecular formula is C9H15N5. The van der Waals surface area contributed by atoms with Gasteiger partial charge in [-0.2, -0.15) is 5.26 Å². The Balaban J connectivity index is 2.46. The average molecular weight is 193 g/mol. The zero-order chi connectivity index (χ0) is 10.4. The smallest absolute Gasteiger partial charge is 0.109 e. The number of nitrogens with one attached hydrogen (secondary N) is 1. The average Bonchev–Trinajstić information content (AvgIpc) is 2.56. The Kier molecular flexibility index (Phi) is 3.75. The van der Waals surface area contributed by atoms with Gasteiger partial charge in [0.2, 0.25) is 0 Å². The maximum Gasteiger partial charge on any atom is 0.109 e. The molecule has 76 valence electrons. The Hall–Kier alpha value is -1.24. The number of nitrogens with zero attached hydrogens (tertiary/aromatic N) is 4. The minimum atomic E-state index is -0.384. The first-order valence-corrected chi connectivity index (χ1v) is 4.92. The van der Waals surface area contributed by atoms with Crippen LogP contribution in [0.3, 0.4) is 0 Å². The van der Waals surface area contributed by atoms with Crippen molar-refractivity contribution in [3.05, 3.63) is 10.4 Å². The van der Waals surface area contributed by atoms with Crippen molar-refractivity contribution in [2.24, 2.45) is 11.0 Å². The van der Waals surface area contributed by atoms with Crippen LogP contribution in [-0.2, 0) is 0 Å². The van der Waals surface area contributed by atoms with Crippen molar-refractivity contribution in [2.75, 3.05) is 13.1 Å². The third-order valence-corrected chi connectivity index (χ3v) is 2.96. The Morgan fingerprint density at radius 2 is 2.57 bits per heavy atom. The van der Waals surface area contributed by atoms with Gasteiger partial charge in [0.1, 0.15) is 5.54 Å². The lowest BCUT2D eigenvalue weighted by Gasteiger charge is -2.27. The second-order valence-electron chi connectivity index (χ2n) is 3.76. The van der Waals surface area contributed by atoms with Crippen LogP contribution in [0.25, 0.3) is 10.4 Å². The molecule has 0 aromatic heterocycles. The van der Waals surface area contributed by atoms with Crippen LogP contribution in [-0.4, -0.2) is 18.6 Å². The molecule has 1 N–H and O–H groups in total. The molecule has 0 heterocycles. The molecule has 1 aliphatic carbocycles. The van der Waals surface area contributed by atoms with E-state index in [9.17, 15) is 0 Å². The van der Waals surface area contributed by atoms with Crippen LogP contribution in [0.5, 0.6) is 0 Å². The van der Waals surface area contributed by atoms with Crippen molar-refractivity contribution >= 4 is 0 Å². The topological polar surface area (TPSA) is 84.6 Å². The lowest BCUT2D eigenvalue weighted by atomic mass is 9.90. The van der Waals surface area contributed by atoms with E-state index in [0.29, 0.717) is 19.0 Å². The minimum absolute atomic E-state index is 0.384. The van der Waals surface area contributed by atoms with E-state index >= 15 is 0 Å². The summed E-state index contributed by atoms with van der Waals surface area (Å²) in [6.45, 7) is 3.09. The maximum absolute atomic E-state index is 9.13. The van der Waals surface area contributed by atoms with Crippen molar-refractivity contribution in [1.29, 1.82) is 5.26 Å². The number of rotatable bonds is 4. The molecule has 0 radical (unpaired) electrons. The van der Waals surface area contributed by atoms with Gasteiger partial charge >= 0.3 is 0 Å². The lowest BCUT2D eigenvalue weighted by molar-refractivity contribution is 0.341. The summed E-state index contributed by atoms with van der Waals surface area (Å²) in [5.41, 5.74) is 7.71. The SMILES string of the molecule is CC1CCCC1(C#N)NCCN=[N+]=[N-]. The zero-order valence-electron chi connectivity index (χ0n) is 8.40. The van der Waals surface area contributed by atoms with Gasteiger partial charge in [-0.05, 0) is 24.3 Å². The van der Waals surface area contributed by atoms with Crippen molar-refractivity contribution < 1.29 is 0 Å². The highest BCUT2D eigenvalue weighted by Gasteiger charge is 2.39. The van der Waals surface area contributed by atoms with Crippen LogP contribution in [0.1, 0.15) is 26.2 Å². The van der Waals surface area contributed by atoms with Gasteiger partial charge < -0.3 is 0 Å². The summed E-state index contributed by atoms with van der Waals surface area (Å²) in [6, 6.07) is 2.36. The van der Waals surface area contributed by atoms with Gasteiger partial charge in [0, 0.05) is 18.0 Å². The summed E-state index contributed by atoms with van der Waals surface area (Å²) in [5, 5.41) is 15.8. The molecule has 0 aliphatic heterocycles. The number of nitriles is 1. The van der Waals surface area contributed by atoms with Crippen LogP contribution in [0, 0.1) is 17.2 Å². The monoisotopic (exact) mass is 193 g/mol. The van der Waals surface area contributed by atoms with E-state index in [4.69, 9.17) is 10.8 Å². The summed E-state index contributed by atoms with van der Waals surface area (Å²) in [7, 11) is 0. The van der Waals surface area contributed by atoms with Gasteiger partial charge in [-0.3, -0.25) is 5.32 Å². The first-order valence-electron chi connectivity index (χ1n) is 4.92. The normalized spacial score (nSPS) is 30.7. The predicted molar refractivity (Wildman–Crippen MR) is 53.4 cm³/mol. The molecular weight excluding hydrogens is 178 g/mol. The third kappa shape index (κ3) is 2.16. The highest BCUT2D eigenvalue weighted by molar-refractivity contribution is 5.13. The summed E-state index contributed by atoms with van der Waals surface area (Å²) in [6.07, 6.45) is 3.10. The van der Waals surface area contributed by atoms with E-state index in [1.165, 1.54) is 0 Å². The van der Waals surface area contributed by atoms with Gasteiger partial charge in [-0.15, -0.1) is 0 Å². The van der Waals surface area contributed by atoms with Crippen molar-refractivity contribution in [3.8, 4) is 6.07 Å². The second-order valence-corrected chi connectivity index (χ2v) is 3.76. The highest BCUT2D eigenvalue weighted by Crippen LogP contribution is 2.34. The van der Waals surface area contributed by atoms with E-state index in [-0.39, 0.29) is 5.54 Å². The van der Waals surface area contributed by atoms with Crippen LogP contribution < -0.4 is 5.32 Å². The molecule has 0 aromatic carbocycles. The summed E-state index contributed by atoms with van der Waals surface area (Å²) >= 11 is 0. The molecule has 1 fully saturated rings. The summed E-state index contributed by atoms with van der Waals surface area (Å²) in [5.74, 6) is 0.388. The van der Waals surface area contributed by atoms with E-state index in [0.717, 1.165) is 19.3 Å². The fourth-order valence-electron chi connectivity index (χ4n) is 2.02. The molecule has 0 aromatic rings. The molecule has 5 heteroatoms. The second kappa shape index (κ2) is 4.85. The molecule has 2 atom stereocenters. The van der Waals surface area contributed by atoms with Crippen molar-refractivity contribution in [2.45, 2.75) is 31.7 Å². The minimum Gasteiger partial charge on any atom is -0.299 e. The molecule has 0 saturated heterocycles. The number of hydrogen-bond donors (Lipinski definition) is 1. The predicted octanol–water partition coefficient (Wildman–Crippen LogP) is 1.97. The molecule has 1 rings (SSSR count). The lowest BCUT2D eigenvalue weighted by Crippen LogP contribution is -2.47. The standard InChI is InChI=1S/C9H15N5/c1-8-3-2-4-9(8,7-10)12-5-6-13-14-11/h8,12H,2-6H2,1H3. The molecule has 1 aliphatic rings. The van der Waals surface area contributed by atoms with E-state index in [2.05, 4.69) is 28.3 Å². The van der Waals surface area contributed by atoms with Crippen LogP contribution in [0.15, 0.2) is 5.11 Å². The van der Waals surface area contributed by atoms with Gasteiger partial charge in [0.25, 0.3) is 0 Å². The van der Waals surface area contributed by atoms with Gasteiger partial charge in [0.05, 0.1) is 6.07 Å². The fourth-order valence-corrected chi connectivity index (χ4v) is 2.02. The molecule has 2 unspecified atom stereocenters. The molecule has 0 bridgehead atoms. The largest absolute Gasteiger partial charge is 0.299 e. The molecule has 1 saturated carbocycles. The van der Waals surface area contributed by atoms with Crippen molar-refractivity contribution in [1.82, 2.24) is 5.32 Å². The van der Waals surface area contributed by atoms with Crippen LogP contribution in [0.4, 0.5) is 0 Å². The Morgan fingerprint density at radius 3 is 3.07 bits per heavy atom. The Morgan fingerprint density at radius 1 is 1.79 bits per heavy atom. The fraction of sp³-hybridized carbons (Fsp3) is 0.889. The van der Waals surface area contributed by atoms with E-state index < -0.39 is 0 Å². The summed E-state index contributed by atoms with van der Waals surface area (Å²) < 4.78 is 0. The zero-order valence-corrected chi connectivity index (χ0v) is 8.40. The van der Waals surface area contributed by atoms with Crippen molar-refractivity contribution in [3.63, 3.8) is 0 Å². The quantitative estimate of drug-likeness (QED) is 0.320. The van der Waals surface area contributed by atoms with Gasteiger partial charge in [-0.25, -0.2) is 0 Å². The van der Waals surface area contributed by atoms with Crippen LogP contribution >= 0.6 is 0 Å². The number of hydrogen-bond acceptors (Lipinski definition) is 3. The Labute approximate surface area is 83.7 Å². The Bertz CT molecular complexity index is 275. The molecule has 5 nitrogen and oxygen atoms in total. The first-order chi connectivity index (χ1) is 6.75. The van der Waals surface area contributed by atoms with Gasteiger partial charge in [-0.1, -0.05) is 18.5 Å².